The van der Waals surface area contributed by atoms with E-state index >= 15 is 0 Å². The number of piperazine rings is 1. The van der Waals surface area contributed by atoms with Crippen LogP contribution in [0.5, 0.6) is 17.4 Å². The number of nitrogens with zero attached hydrogens (tertiary/aromatic N) is 8. The maximum atomic E-state index is 14.7. The van der Waals surface area contributed by atoms with Crippen molar-refractivity contribution < 1.29 is 27.7 Å². The predicted molar refractivity (Wildman–Crippen MR) is 206 cm³/mol. The molecule has 5 heterocycles. The van der Waals surface area contributed by atoms with Gasteiger partial charge in [-0.15, -0.1) is 10.8 Å². The highest BCUT2D eigenvalue weighted by Crippen LogP contribution is 2.52. The van der Waals surface area contributed by atoms with Gasteiger partial charge in [-0.2, -0.15) is 9.97 Å². The third kappa shape index (κ3) is 8.48. The first-order valence-electron chi connectivity index (χ1n) is 17.5. The van der Waals surface area contributed by atoms with Crippen molar-refractivity contribution in [2.75, 3.05) is 56.9 Å². The Morgan fingerprint density at radius 1 is 0.852 bits per heavy atom. The van der Waals surface area contributed by atoms with Gasteiger partial charge < -0.3 is 24.4 Å². The molecule has 0 aliphatic carbocycles. The van der Waals surface area contributed by atoms with Crippen LogP contribution in [0.1, 0.15) is 28.9 Å². The third-order valence-corrected chi connectivity index (χ3v) is 11.6. The van der Waals surface area contributed by atoms with E-state index in [1.54, 1.807) is 20.4 Å². The maximum absolute atomic E-state index is 14.7. The highest BCUT2D eigenvalue weighted by Gasteiger charge is 2.40. The normalized spacial score (nSPS) is 17.4. The fourth-order valence-corrected chi connectivity index (χ4v) is 8.66. The van der Waals surface area contributed by atoms with Crippen molar-refractivity contribution in [1.82, 2.24) is 34.1 Å². The molecule has 0 amide bonds. The summed E-state index contributed by atoms with van der Waals surface area (Å²) in [5.74, 6) is 2.98. The van der Waals surface area contributed by atoms with Crippen LogP contribution < -0.4 is 24.4 Å². The van der Waals surface area contributed by atoms with E-state index in [2.05, 4.69) is 20.1 Å². The fourth-order valence-electron chi connectivity index (χ4n) is 6.81. The van der Waals surface area contributed by atoms with Crippen LogP contribution in [-0.4, -0.2) is 96.0 Å². The van der Waals surface area contributed by atoms with E-state index in [1.807, 2.05) is 65.8 Å². The number of halogens is 1. The van der Waals surface area contributed by atoms with Gasteiger partial charge >= 0.3 is 0 Å². The van der Waals surface area contributed by atoms with Crippen molar-refractivity contribution in [1.29, 1.82) is 0 Å². The van der Waals surface area contributed by atoms with Crippen LogP contribution in [0.2, 0.25) is 0 Å². The first kappa shape index (κ1) is 37.2. The van der Waals surface area contributed by atoms with E-state index in [-0.39, 0.29) is 11.9 Å². The van der Waals surface area contributed by atoms with Crippen LogP contribution in [-0.2, 0) is 19.6 Å². The number of nitrogens with one attached hydrogen (secondary N) is 1. The Morgan fingerprint density at radius 3 is 2.17 bits per heavy atom. The minimum absolute atomic E-state index is 0.0886. The predicted octanol–water partition coefficient (Wildman–Crippen LogP) is 6.31. The van der Waals surface area contributed by atoms with E-state index < -0.39 is 16.6 Å². The first-order valence-corrected chi connectivity index (χ1v) is 19.2. The van der Waals surface area contributed by atoms with Crippen molar-refractivity contribution >= 4 is 28.2 Å². The van der Waals surface area contributed by atoms with E-state index in [9.17, 15) is 13.5 Å². The molecule has 54 heavy (non-hydrogen) atoms. The largest absolute Gasteiger partial charge is 0.497 e. The Labute approximate surface area is 315 Å². The molecule has 3 aromatic heterocycles. The van der Waals surface area contributed by atoms with Gasteiger partial charge in [-0.3, -0.25) is 14.0 Å². The van der Waals surface area contributed by atoms with E-state index in [0.717, 1.165) is 34.6 Å². The van der Waals surface area contributed by atoms with Crippen LogP contribution in [0.25, 0.3) is 11.4 Å². The standard InChI is InChI=1S/C38H44FN9O5S/c1-25-42-36(45-38(43-25)47(22-26-5-9-31(51-2)10-6-26)23-27-7-11-32(52-3)12-8-27)33-17-28(21-46-14-15-48-30(24-46)13-16-54(48,49)50)19-40-35(33)44-29-18-34(39)37(53-4)41-20-29/h5-12,17-20,30,49-50H,13-16,21-24H2,1-4H3,(H,40,44). The second-order valence-corrected chi connectivity index (χ2v) is 15.4. The maximum Gasteiger partial charge on any atom is 0.250 e. The van der Waals surface area contributed by atoms with E-state index in [0.29, 0.717) is 79.7 Å². The van der Waals surface area contributed by atoms with Crippen molar-refractivity contribution in [2.45, 2.75) is 39.0 Å². The Morgan fingerprint density at radius 2 is 1.54 bits per heavy atom. The zero-order valence-electron chi connectivity index (χ0n) is 30.6. The number of hydrogen-bond donors (Lipinski definition) is 3. The van der Waals surface area contributed by atoms with Crippen LogP contribution >= 0.6 is 10.8 Å². The van der Waals surface area contributed by atoms with E-state index in [1.165, 1.54) is 19.4 Å². The smallest absolute Gasteiger partial charge is 0.250 e. The van der Waals surface area contributed by atoms with Gasteiger partial charge in [-0.25, -0.2) is 23.6 Å². The van der Waals surface area contributed by atoms with Crippen molar-refractivity contribution in [3.63, 3.8) is 0 Å². The first-order chi connectivity index (χ1) is 26.1. The van der Waals surface area contributed by atoms with Gasteiger partial charge in [-0.1, -0.05) is 24.3 Å². The number of aromatic nitrogens is 5. The molecule has 2 aliphatic heterocycles. The van der Waals surface area contributed by atoms with Crippen LogP contribution in [0.4, 0.5) is 21.8 Å². The molecule has 284 valence electrons. The highest BCUT2D eigenvalue weighted by molar-refractivity contribution is 8.22. The topological polar surface area (TPSA) is 154 Å². The van der Waals surface area contributed by atoms with Gasteiger partial charge in [0, 0.05) is 57.6 Å². The van der Waals surface area contributed by atoms with Crippen molar-refractivity contribution in [3.8, 4) is 28.8 Å². The summed E-state index contributed by atoms with van der Waals surface area (Å²) >= 11 is 0. The molecule has 14 nitrogen and oxygen atoms in total. The Bertz CT molecular complexity index is 2030. The summed E-state index contributed by atoms with van der Waals surface area (Å²) in [5.41, 5.74) is 3.96. The summed E-state index contributed by atoms with van der Waals surface area (Å²) in [4.78, 5) is 27.9. The van der Waals surface area contributed by atoms with Gasteiger partial charge in [0.05, 0.1) is 44.5 Å². The second kappa shape index (κ2) is 16.1. The van der Waals surface area contributed by atoms with Crippen LogP contribution in [0.3, 0.4) is 0 Å². The molecule has 2 aliphatic rings. The Kier molecular flexibility index (Phi) is 11.1. The lowest BCUT2D eigenvalue weighted by molar-refractivity contribution is 0.131. The number of aryl methyl sites for hydroxylation is 1. The summed E-state index contributed by atoms with van der Waals surface area (Å²) in [5, 5.41) is 3.22. The van der Waals surface area contributed by atoms with Gasteiger partial charge in [0.15, 0.2) is 11.6 Å². The zero-order valence-corrected chi connectivity index (χ0v) is 31.5. The average Bonchev–Trinajstić information content (AvgIpc) is 3.48. The molecule has 2 saturated heterocycles. The number of methoxy groups -OCH3 is 3. The monoisotopic (exact) mass is 757 g/mol. The minimum atomic E-state index is -2.68. The third-order valence-electron chi connectivity index (χ3n) is 9.55. The molecule has 7 rings (SSSR count). The molecule has 5 aromatic rings. The van der Waals surface area contributed by atoms with Gasteiger partial charge in [0.1, 0.15) is 23.1 Å². The molecule has 0 bridgehead atoms. The van der Waals surface area contributed by atoms with Crippen molar-refractivity contribution in [2.24, 2.45) is 0 Å². The molecular weight excluding hydrogens is 714 g/mol. The van der Waals surface area contributed by atoms with Crippen LogP contribution in [0.15, 0.2) is 73.1 Å². The lowest BCUT2D eigenvalue weighted by Crippen LogP contribution is -2.49. The van der Waals surface area contributed by atoms with E-state index in [4.69, 9.17) is 34.1 Å². The summed E-state index contributed by atoms with van der Waals surface area (Å²) in [7, 11) is 1.96. The summed E-state index contributed by atoms with van der Waals surface area (Å²) < 4.78 is 53.4. The minimum Gasteiger partial charge on any atom is -0.497 e. The Hall–Kier alpha value is -5.13. The average molecular weight is 758 g/mol. The molecule has 0 saturated carbocycles. The van der Waals surface area contributed by atoms with Gasteiger partial charge in [-0.05, 0) is 60.4 Å². The quantitative estimate of drug-likeness (QED) is 0.123. The molecule has 0 spiro atoms. The van der Waals surface area contributed by atoms with Gasteiger partial charge in [0.25, 0.3) is 0 Å². The summed E-state index contributed by atoms with van der Waals surface area (Å²) in [6.45, 7) is 5.37. The number of anilines is 3. The number of pyridine rings is 2. The highest BCUT2D eigenvalue weighted by atomic mass is 32.3. The van der Waals surface area contributed by atoms with Crippen molar-refractivity contribution in [3.05, 3.63) is 101 Å². The molecule has 2 fully saturated rings. The molecule has 16 heteroatoms. The fraction of sp³-hybridized carbons (Fsp3) is 0.342. The number of ether oxygens (including phenoxy) is 3. The SMILES string of the molecule is COc1ccc(CN(Cc2ccc(OC)cc2)c2nc(C)nc(-c3cc(CN4CCN5C(CCS5(O)O)C4)cnc3Nc3cnc(OC)c(F)c3)n2)cc1. The summed E-state index contributed by atoms with van der Waals surface area (Å²) in [6.07, 6.45) is 4.00. The lowest BCUT2D eigenvalue weighted by Gasteiger charge is -2.44. The Balaban J connectivity index is 1.25. The number of rotatable bonds is 13. The molecule has 0 radical (unpaired) electrons. The molecule has 1 atom stereocenters. The second-order valence-electron chi connectivity index (χ2n) is 13.3. The number of benzene rings is 2. The van der Waals surface area contributed by atoms with Crippen LogP contribution in [0, 0.1) is 12.7 Å². The lowest BCUT2D eigenvalue weighted by atomic mass is 10.1. The molecule has 2 aromatic carbocycles. The summed E-state index contributed by atoms with van der Waals surface area (Å²) in [6, 6.07) is 19.1. The number of fused-ring (bicyclic) bond motifs is 1. The zero-order chi connectivity index (χ0) is 37.8. The molecule has 3 N–H and O–H groups in total. The van der Waals surface area contributed by atoms with Gasteiger partial charge in [0.2, 0.25) is 11.8 Å². The number of hydrogen-bond acceptors (Lipinski definition) is 14. The molecular formula is C38H44FN9O5S. The molecule has 1 unspecified atom stereocenters.